The van der Waals surface area contributed by atoms with Crippen molar-refractivity contribution in [2.45, 2.75) is 24.5 Å². The number of carbonyl (C=O) groups excluding carboxylic acids is 3. The van der Waals surface area contributed by atoms with Crippen LogP contribution in [-0.4, -0.2) is 96.8 Å². The SMILES string of the molecule is CNC(=O)C1=C(O)[C@@]2(O)C(=O)C3=C(O)c4c(O)c(C#Cc5ccc(OC)cc5)cc(N(C)C)c4C[C@H]3C[C@H]2[C@H](N(C)C)C1=O. The van der Waals surface area contributed by atoms with Crippen LogP contribution in [0.25, 0.3) is 5.76 Å². The molecular formula is C33H35N3O8. The number of rotatable bonds is 4. The summed E-state index contributed by atoms with van der Waals surface area (Å²) in [7, 11) is 9.61. The third-order valence-electron chi connectivity index (χ3n) is 8.82. The fourth-order valence-electron chi connectivity index (χ4n) is 6.71. The molecule has 5 rings (SSSR count). The highest BCUT2D eigenvalue weighted by atomic mass is 16.5. The van der Waals surface area contributed by atoms with E-state index in [0.29, 0.717) is 22.6 Å². The molecule has 0 saturated heterocycles. The van der Waals surface area contributed by atoms with Gasteiger partial charge in [-0.3, -0.25) is 19.3 Å². The zero-order valence-corrected chi connectivity index (χ0v) is 25.3. The number of ether oxygens (including phenoxy) is 1. The lowest BCUT2D eigenvalue weighted by Crippen LogP contribution is -2.65. The minimum Gasteiger partial charge on any atom is -0.508 e. The largest absolute Gasteiger partial charge is 0.508 e. The Bertz CT molecular complexity index is 1710. The highest BCUT2D eigenvalue weighted by molar-refractivity contribution is 6.25. The maximum absolute atomic E-state index is 14.2. The summed E-state index contributed by atoms with van der Waals surface area (Å²) < 4.78 is 5.18. The normalized spacial score (nSPS) is 24.2. The first-order chi connectivity index (χ1) is 20.8. The number of aliphatic hydroxyl groups is 3. The molecule has 1 amide bonds. The molecule has 230 valence electrons. The number of fused-ring (bicyclic) bond motifs is 3. The second kappa shape index (κ2) is 11.0. The second-order valence-corrected chi connectivity index (χ2v) is 11.7. The van der Waals surface area contributed by atoms with E-state index in [1.807, 2.05) is 4.90 Å². The van der Waals surface area contributed by atoms with Crippen LogP contribution < -0.4 is 15.0 Å². The van der Waals surface area contributed by atoms with E-state index < -0.39 is 58.0 Å². The molecule has 2 aromatic rings. The molecule has 5 N–H and O–H groups in total. The maximum Gasteiger partial charge on any atom is 0.258 e. The molecule has 44 heavy (non-hydrogen) atoms. The first kappa shape index (κ1) is 30.7. The van der Waals surface area contributed by atoms with Gasteiger partial charge >= 0.3 is 0 Å². The summed E-state index contributed by atoms with van der Waals surface area (Å²) in [6.45, 7) is 0. The fourth-order valence-corrected chi connectivity index (χ4v) is 6.71. The zero-order chi connectivity index (χ0) is 32.2. The number of aromatic hydroxyl groups is 1. The minimum atomic E-state index is -2.66. The third-order valence-corrected chi connectivity index (χ3v) is 8.82. The number of amides is 1. The van der Waals surface area contributed by atoms with Crippen LogP contribution in [0.4, 0.5) is 5.69 Å². The molecule has 3 aliphatic rings. The van der Waals surface area contributed by atoms with E-state index in [1.165, 1.54) is 11.9 Å². The van der Waals surface area contributed by atoms with Crippen LogP contribution >= 0.6 is 0 Å². The molecule has 2 aromatic carbocycles. The Morgan fingerprint density at radius 3 is 2.30 bits per heavy atom. The van der Waals surface area contributed by atoms with Crippen LogP contribution in [0.3, 0.4) is 0 Å². The Hall–Kier alpha value is -4.79. The van der Waals surface area contributed by atoms with E-state index in [0.717, 1.165) is 0 Å². The van der Waals surface area contributed by atoms with Crippen molar-refractivity contribution in [3.63, 3.8) is 0 Å². The lowest BCUT2D eigenvalue weighted by Gasteiger charge is -2.50. The van der Waals surface area contributed by atoms with E-state index in [9.17, 15) is 34.8 Å². The molecule has 0 radical (unpaired) electrons. The van der Waals surface area contributed by atoms with Gasteiger partial charge in [0, 0.05) is 43.9 Å². The van der Waals surface area contributed by atoms with Gasteiger partial charge in [0.2, 0.25) is 5.78 Å². The Morgan fingerprint density at radius 2 is 1.73 bits per heavy atom. The Balaban J connectivity index is 1.70. The van der Waals surface area contributed by atoms with Crippen LogP contribution in [0, 0.1) is 23.7 Å². The predicted molar refractivity (Wildman–Crippen MR) is 162 cm³/mol. The highest BCUT2D eigenvalue weighted by Crippen LogP contribution is 2.54. The number of nitrogens with zero attached hydrogens (tertiary/aromatic N) is 2. The molecule has 0 aliphatic heterocycles. The number of methoxy groups -OCH3 is 1. The molecular weight excluding hydrogens is 566 g/mol. The number of benzene rings is 2. The van der Waals surface area contributed by atoms with E-state index in [4.69, 9.17) is 4.74 Å². The number of anilines is 1. The van der Waals surface area contributed by atoms with Crippen molar-refractivity contribution < 1.29 is 39.5 Å². The summed E-state index contributed by atoms with van der Waals surface area (Å²) in [5.74, 6) is 0.230. The van der Waals surface area contributed by atoms with Gasteiger partial charge in [0.05, 0.1) is 24.3 Å². The number of carbonyl (C=O) groups is 3. The summed E-state index contributed by atoms with van der Waals surface area (Å²) in [6.07, 6.45) is 0.231. The van der Waals surface area contributed by atoms with E-state index in [2.05, 4.69) is 17.2 Å². The summed E-state index contributed by atoms with van der Waals surface area (Å²) in [5, 5.41) is 48.5. The molecule has 0 heterocycles. The van der Waals surface area contributed by atoms with Crippen molar-refractivity contribution in [3.05, 3.63) is 69.5 Å². The average molecular weight is 602 g/mol. The summed E-state index contributed by atoms with van der Waals surface area (Å²) in [4.78, 5) is 43.6. The van der Waals surface area contributed by atoms with Crippen molar-refractivity contribution >= 4 is 28.9 Å². The van der Waals surface area contributed by atoms with Crippen molar-refractivity contribution in [2.75, 3.05) is 47.2 Å². The Kier molecular flexibility index (Phi) is 7.70. The Labute approximate surface area is 255 Å². The average Bonchev–Trinajstić information content (AvgIpc) is 2.98. The molecule has 4 atom stereocenters. The molecule has 1 saturated carbocycles. The number of ketones is 2. The molecule has 0 aromatic heterocycles. The topological polar surface area (TPSA) is 160 Å². The minimum absolute atomic E-state index is 0.00270. The van der Waals surface area contributed by atoms with Gasteiger partial charge in [-0.1, -0.05) is 11.8 Å². The highest BCUT2D eigenvalue weighted by Gasteiger charge is 2.64. The van der Waals surface area contributed by atoms with Crippen molar-refractivity contribution in [1.82, 2.24) is 10.2 Å². The first-order valence-corrected chi connectivity index (χ1v) is 14.1. The smallest absolute Gasteiger partial charge is 0.258 e. The molecule has 3 aliphatic carbocycles. The second-order valence-electron chi connectivity index (χ2n) is 11.7. The lowest BCUT2D eigenvalue weighted by molar-refractivity contribution is -0.153. The van der Waals surface area contributed by atoms with Crippen LogP contribution in [0.1, 0.15) is 28.7 Å². The number of phenols is 1. The van der Waals surface area contributed by atoms with Crippen LogP contribution in [0.15, 0.2) is 47.2 Å². The van der Waals surface area contributed by atoms with E-state index in [-0.39, 0.29) is 35.3 Å². The summed E-state index contributed by atoms with van der Waals surface area (Å²) >= 11 is 0. The van der Waals surface area contributed by atoms with Gasteiger partial charge in [-0.2, -0.15) is 0 Å². The molecule has 0 spiro atoms. The number of phenolic OH excluding ortho intramolecular Hbond substituents is 1. The molecule has 11 heteroatoms. The van der Waals surface area contributed by atoms with Gasteiger partial charge in [-0.05, 0) is 68.8 Å². The van der Waals surface area contributed by atoms with Gasteiger partial charge in [-0.25, -0.2) is 0 Å². The van der Waals surface area contributed by atoms with Crippen LogP contribution in [0.2, 0.25) is 0 Å². The van der Waals surface area contributed by atoms with Gasteiger partial charge in [0.15, 0.2) is 11.4 Å². The number of hydrogen-bond acceptors (Lipinski definition) is 10. The summed E-state index contributed by atoms with van der Waals surface area (Å²) in [6, 6.07) is 7.64. The number of likely N-dealkylation sites (N-methyl/N-ethyl adjacent to an activating group) is 2. The van der Waals surface area contributed by atoms with Crippen LogP contribution in [0.5, 0.6) is 11.5 Å². The monoisotopic (exact) mass is 601 g/mol. The number of aliphatic hydroxyl groups excluding tert-OH is 2. The van der Waals surface area contributed by atoms with E-state index in [1.54, 1.807) is 65.6 Å². The number of nitrogens with one attached hydrogen (secondary N) is 1. The lowest BCUT2D eigenvalue weighted by atomic mass is 9.57. The van der Waals surface area contributed by atoms with Gasteiger partial charge < -0.3 is 35.4 Å². The predicted octanol–water partition coefficient (Wildman–Crippen LogP) is 1.70. The Morgan fingerprint density at radius 1 is 1.07 bits per heavy atom. The van der Waals surface area contributed by atoms with Crippen molar-refractivity contribution in [1.29, 1.82) is 0 Å². The standard InChI is InChI=1S/C33H35N3O8/c1-34-32(42)25-29(39)26(36(4)5)21-14-18-13-20-22(35(2)3)15-17(10-7-16-8-11-19(44-6)12-9-16)27(37)24(20)28(38)23(18)30(40)33(21,43)31(25)41/h8-9,11-12,15,18,21,26,37-38,41,43H,13-14H2,1-6H3,(H,34,42)/t18-,21-,26-,33-/m0/s1. The molecule has 1 fully saturated rings. The van der Waals surface area contributed by atoms with Crippen LogP contribution in [-0.2, 0) is 20.8 Å². The first-order valence-electron chi connectivity index (χ1n) is 14.1. The maximum atomic E-state index is 14.2. The van der Waals surface area contributed by atoms with Gasteiger partial charge in [-0.15, -0.1) is 0 Å². The molecule has 11 nitrogen and oxygen atoms in total. The number of hydrogen-bond donors (Lipinski definition) is 5. The molecule has 0 bridgehead atoms. The number of Topliss-reactive ketones (excluding diaryl/α,β-unsaturated/α-hetero) is 2. The van der Waals surface area contributed by atoms with Gasteiger partial charge in [0.25, 0.3) is 5.91 Å². The fraction of sp³-hybridized carbons (Fsp3) is 0.364. The molecule has 0 unspecified atom stereocenters. The zero-order valence-electron chi connectivity index (χ0n) is 25.3. The van der Waals surface area contributed by atoms with E-state index >= 15 is 0 Å². The quantitative estimate of drug-likeness (QED) is 0.258. The van der Waals surface area contributed by atoms with Gasteiger partial charge in [0.1, 0.15) is 28.6 Å². The summed E-state index contributed by atoms with van der Waals surface area (Å²) in [5.41, 5.74) is -1.46. The van der Waals surface area contributed by atoms with Crippen molar-refractivity contribution in [2.24, 2.45) is 11.8 Å². The third kappa shape index (κ3) is 4.49. The van der Waals surface area contributed by atoms with Crippen molar-refractivity contribution in [3.8, 4) is 23.3 Å².